The Morgan fingerprint density at radius 3 is 2.40 bits per heavy atom. The number of benzene rings is 1. The minimum atomic E-state index is -4.08. The lowest BCUT2D eigenvalue weighted by Crippen LogP contribution is -2.36. The lowest BCUT2D eigenvalue weighted by atomic mass is 10.2. The Hall–Kier alpha value is -1.93. The molecule has 110 valence electrons. The van der Waals surface area contributed by atoms with Gasteiger partial charge in [-0.15, -0.1) is 0 Å². The number of ether oxygens (including phenoxy) is 1. The average molecular weight is 301 g/mol. The van der Waals surface area contributed by atoms with Gasteiger partial charge in [-0.1, -0.05) is 19.1 Å². The van der Waals surface area contributed by atoms with Crippen molar-refractivity contribution < 1.29 is 27.9 Å². The van der Waals surface area contributed by atoms with E-state index in [0.29, 0.717) is 0 Å². The van der Waals surface area contributed by atoms with Gasteiger partial charge in [0.2, 0.25) is 10.0 Å². The summed E-state index contributed by atoms with van der Waals surface area (Å²) in [5.41, 5.74) is -0.126. The molecule has 0 aromatic heterocycles. The van der Waals surface area contributed by atoms with Crippen molar-refractivity contribution in [3.63, 3.8) is 0 Å². The van der Waals surface area contributed by atoms with E-state index in [4.69, 9.17) is 5.11 Å². The second-order valence-electron chi connectivity index (χ2n) is 3.81. The van der Waals surface area contributed by atoms with Crippen molar-refractivity contribution in [3.05, 3.63) is 29.8 Å². The fourth-order valence-corrected chi connectivity index (χ4v) is 3.21. The summed E-state index contributed by atoms with van der Waals surface area (Å²) < 4.78 is 30.1. The van der Waals surface area contributed by atoms with Crippen molar-refractivity contribution in [3.8, 4) is 0 Å². The standard InChI is InChI=1S/C12H15NO6S/c1-3-13(8-11(14)15)20(17,18)10-7-5-4-6-9(10)12(16)19-2/h4-7H,3,8H2,1-2H3,(H,14,15). The second-order valence-corrected chi connectivity index (χ2v) is 5.72. The predicted octanol–water partition coefficient (Wildman–Crippen LogP) is 0.568. The van der Waals surface area contributed by atoms with E-state index in [9.17, 15) is 18.0 Å². The lowest BCUT2D eigenvalue weighted by molar-refractivity contribution is -0.137. The van der Waals surface area contributed by atoms with Crippen LogP contribution in [-0.2, 0) is 19.6 Å². The zero-order valence-electron chi connectivity index (χ0n) is 11.1. The number of carboxylic acids is 1. The van der Waals surface area contributed by atoms with Gasteiger partial charge in [-0.2, -0.15) is 4.31 Å². The van der Waals surface area contributed by atoms with Crippen molar-refractivity contribution in [2.75, 3.05) is 20.2 Å². The maximum Gasteiger partial charge on any atom is 0.339 e. The molecule has 0 bridgehead atoms. The van der Waals surface area contributed by atoms with Crippen LogP contribution in [0.25, 0.3) is 0 Å². The topological polar surface area (TPSA) is 101 Å². The molecule has 0 saturated heterocycles. The number of carboxylic acid groups (broad SMARTS) is 1. The summed E-state index contributed by atoms with van der Waals surface area (Å²) in [6.07, 6.45) is 0. The van der Waals surface area contributed by atoms with Crippen molar-refractivity contribution >= 4 is 22.0 Å². The third-order valence-electron chi connectivity index (χ3n) is 2.57. The number of sulfonamides is 1. The van der Waals surface area contributed by atoms with Crippen LogP contribution in [0.4, 0.5) is 0 Å². The molecule has 0 atom stereocenters. The Labute approximate surface area is 116 Å². The first kappa shape index (κ1) is 16.1. The van der Waals surface area contributed by atoms with Crippen molar-refractivity contribution in [2.24, 2.45) is 0 Å². The van der Waals surface area contributed by atoms with E-state index in [2.05, 4.69) is 4.74 Å². The van der Waals surface area contributed by atoms with Crippen LogP contribution in [0.5, 0.6) is 0 Å². The van der Waals surface area contributed by atoms with Gasteiger partial charge in [0.05, 0.1) is 17.6 Å². The van der Waals surface area contributed by atoms with Gasteiger partial charge < -0.3 is 9.84 Å². The van der Waals surface area contributed by atoms with Gasteiger partial charge >= 0.3 is 11.9 Å². The highest BCUT2D eigenvalue weighted by atomic mass is 32.2. The van der Waals surface area contributed by atoms with Crippen LogP contribution in [0.15, 0.2) is 29.2 Å². The summed E-state index contributed by atoms with van der Waals surface area (Å²) in [6.45, 7) is 0.819. The number of carbonyl (C=O) groups is 2. The Bertz CT molecular complexity index is 610. The van der Waals surface area contributed by atoms with E-state index in [0.717, 1.165) is 11.4 Å². The SMILES string of the molecule is CCN(CC(=O)O)S(=O)(=O)c1ccccc1C(=O)OC. The highest BCUT2D eigenvalue weighted by Crippen LogP contribution is 2.20. The highest BCUT2D eigenvalue weighted by molar-refractivity contribution is 7.89. The number of esters is 1. The molecule has 0 aliphatic carbocycles. The summed E-state index contributed by atoms with van der Waals surface area (Å²) in [5, 5.41) is 8.75. The van der Waals surface area contributed by atoms with Gasteiger partial charge in [-0.25, -0.2) is 13.2 Å². The molecular formula is C12H15NO6S. The first-order chi connectivity index (χ1) is 9.34. The molecule has 8 heteroatoms. The van der Waals surface area contributed by atoms with E-state index in [-0.39, 0.29) is 17.0 Å². The van der Waals surface area contributed by atoms with E-state index < -0.39 is 28.5 Å². The molecule has 20 heavy (non-hydrogen) atoms. The molecule has 1 aromatic rings. The quantitative estimate of drug-likeness (QED) is 0.771. The zero-order valence-corrected chi connectivity index (χ0v) is 11.9. The average Bonchev–Trinajstić information content (AvgIpc) is 2.43. The smallest absolute Gasteiger partial charge is 0.339 e. The molecule has 1 aromatic carbocycles. The molecule has 0 radical (unpaired) electrons. The first-order valence-corrected chi connectivity index (χ1v) is 7.17. The zero-order chi connectivity index (χ0) is 15.3. The third-order valence-corrected chi connectivity index (χ3v) is 4.55. The van der Waals surface area contributed by atoms with E-state index in [1.807, 2.05) is 0 Å². The van der Waals surface area contributed by atoms with Gasteiger partial charge in [0.1, 0.15) is 6.54 Å². The maximum absolute atomic E-state index is 12.4. The van der Waals surface area contributed by atoms with Crippen LogP contribution in [0, 0.1) is 0 Å². The van der Waals surface area contributed by atoms with Crippen LogP contribution in [0.1, 0.15) is 17.3 Å². The largest absolute Gasteiger partial charge is 0.480 e. The monoisotopic (exact) mass is 301 g/mol. The maximum atomic E-state index is 12.4. The number of rotatable bonds is 6. The fourth-order valence-electron chi connectivity index (χ4n) is 1.63. The van der Waals surface area contributed by atoms with E-state index in [1.165, 1.54) is 31.2 Å². The normalized spacial score (nSPS) is 11.3. The molecule has 0 heterocycles. The number of hydrogen-bond acceptors (Lipinski definition) is 5. The number of methoxy groups -OCH3 is 1. The van der Waals surface area contributed by atoms with Crippen LogP contribution < -0.4 is 0 Å². The summed E-state index contributed by atoms with van der Waals surface area (Å²) >= 11 is 0. The van der Waals surface area contributed by atoms with Crippen molar-refractivity contribution in [2.45, 2.75) is 11.8 Å². The molecule has 0 amide bonds. The molecule has 1 rings (SSSR count). The van der Waals surface area contributed by atoms with Crippen LogP contribution in [0.2, 0.25) is 0 Å². The Morgan fingerprint density at radius 1 is 1.30 bits per heavy atom. The fraction of sp³-hybridized carbons (Fsp3) is 0.333. The van der Waals surface area contributed by atoms with Gasteiger partial charge in [-0.3, -0.25) is 4.79 Å². The van der Waals surface area contributed by atoms with Crippen LogP contribution >= 0.6 is 0 Å². The third kappa shape index (κ3) is 3.34. The van der Waals surface area contributed by atoms with Gasteiger partial charge in [-0.05, 0) is 12.1 Å². The van der Waals surface area contributed by atoms with E-state index >= 15 is 0 Å². The van der Waals surface area contributed by atoms with E-state index in [1.54, 1.807) is 0 Å². The number of hydrogen-bond donors (Lipinski definition) is 1. The molecule has 0 fully saturated rings. The second kappa shape index (κ2) is 6.49. The molecule has 0 unspecified atom stereocenters. The highest BCUT2D eigenvalue weighted by Gasteiger charge is 2.29. The number of nitrogens with zero attached hydrogens (tertiary/aromatic N) is 1. The molecule has 0 saturated carbocycles. The van der Waals surface area contributed by atoms with Crippen LogP contribution in [0.3, 0.4) is 0 Å². The van der Waals surface area contributed by atoms with Gasteiger partial charge in [0.25, 0.3) is 0 Å². The summed E-state index contributed by atoms with van der Waals surface area (Å²) in [4.78, 5) is 22.0. The molecule has 0 aliphatic heterocycles. The Kier molecular flexibility index (Phi) is 5.23. The Balaban J connectivity index is 3.34. The van der Waals surface area contributed by atoms with Crippen LogP contribution in [-0.4, -0.2) is 50.0 Å². The molecule has 7 nitrogen and oxygen atoms in total. The summed E-state index contributed by atoms with van der Waals surface area (Å²) in [6, 6.07) is 5.51. The summed E-state index contributed by atoms with van der Waals surface area (Å²) in [7, 11) is -2.94. The number of carbonyl (C=O) groups excluding carboxylic acids is 1. The van der Waals surface area contributed by atoms with Crippen molar-refractivity contribution in [1.82, 2.24) is 4.31 Å². The Morgan fingerprint density at radius 2 is 1.90 bits per heavy atom. The summed E-state index contributed by atoms with van der Waals surface area (Å²) in [5.74, 6) is -2.07. The van der Waals surface area contributed by atoms with Crippen molar-refractivity contribution in [1.29, 1.82) is 0 Å². The molecule has 0 spiro atoms. The molecule has 1 N–H and O–H groups in total. The predicted molar refractivity (Wildman–Crippen MR) is 69.9 cm³/mol. The van der Waals surface area contributed by atoms with Gasteiger partial charge in [0.15, 0.2) is 0 Å². The van der Waals surface area contributed by atoms with Gasteiger partial charge in [0, 0.05) is 6.54 Å². The molecular weight excluding hydrogens is 286 g/mol. The minimum Gasteiger partial charge on any atom is -0.480 e. The minimum absolute atomic E-state index is 0.0237. The first-order valence-electron chi connectivity index (χ1n) is 5.73. The number of likely N-dealkylation sites (N-methyl/N-ethyl adjacent to an activating group) is 1. The number of aliphatic carboxylic acids is 1. The lowest BCUT2D eigenvalue weighted by Gasteiger charge is -2.19. The molecule has 0 aliphatic rings.